The fourth-order valence-corrected chi connectivity index (χ4v) is 8.09. The lowest BCUT2D eigenvalue weighted by Gasteiger charge is -2.11. The molecule has 0 saturated carbocycles. The molecule has 11 aromatic rings. The van der Waals surface area contributed by atoms with Gasteiger partial charge in [0.2, 0.25) is 0 Å². The molecule has 0 fully saturated rings. The number of fused-ring (bicyclic) bond motifs is 13. The lowest BCUT2D eigenvalue weighted by atomic mass is 10.0. The first-order chi connectivity index (χ1) is 24.3. The maximum Gasteiger partial charge on any atom is 0.165 e. The minimum atomic E-state index is 0.960. The van der Waals surface area contributed by atoms with Gasteiger partial charge in [-0.15, -0.1) is 0 Å². The average Bonchev–Trinajstić information content (AvgIpc) is 3.83. The van der Waals surface area contributed by atoms with Crippen LogP contribution >= 0.6 is 0 Å². The van der Waals surface area contributed by atoms with Gasteiger partial charge >= 0.3 is 0 Å². The quantitative estimate of drug-likeness (QED) is 0.180. The van der Waals surface area contributed by atoms with Crippen molar-refractivity contribution in [3.8, 4) is 22.5 Å². The Bertz CT molecular complexity index is 3030. The van der Waals surface area contributed by atoms with Crippen LogP contribution in [0.1, 0.15) is 0 Å². The van der Waals surface area contributed by atoms with E-state index >= 15 is 0 Å². The Kier molecular flexibility index (Phi) is 5.35. The van der Waals surface area contributed by atoms with Crippen molar-refractivity contribution >= 4 is 71.2 Å². The largest absolute Gasteiger partial charge is 0.309 e. The zero-order chi connectivity index (χ0) is 32.1. The molecule has 0 aliphatic heterocycles. The molecule has 0 bridgehead atoms. The van der Waals surface area contributed by atoms with Gasteiger partial charge in [0, 0.05) is 38.3 Å². The molecule has 0 spiro atoms. The molecule has 0 aliphatic carbocycles. The van der Waals surface area contributed by atoms with Gasteiger partial charge in [0.1, 0.15) is 11.2 Å². The summed E-state index contributed by atoms with van der Waals surface area (Å²) in [5.74, 6) is 0. The van der Waals surface area contributed by atoms with E-state index in [2.05, 4.69) is 183 Å². The molecule has 4 heteroatoms. The summed E-state index contributed by atoms with van der Waals surface area (Å²) in [4.78, 5) is 5.42. The van der Waals surface area contributed by atoms with Crippen LogP contribution in [-0.4, -0.2) is 18.5 Å². The average molecular weight is 625 g/mol. The maximum atomic E-state index is 5.42. The minimum Gasteiger partial charge on any atom is -0.309 e. The van der Waals surface area contributed by atoms with Gasteiger partial charge in [0.05, 0.1) is 22.1 Å². The molecular formula is C45H28N4. The first-order valence-electron chi connectivity index (χ1n) is 16.7. The van der Waals surface area contributed by atoms with E-state index in [-0.39, 0.29) is 0 Å². The number of benzene rings is 7. The summed E-state index contributed by atoms with van der Waals surface area (Å²) in [7, 11) is 0. The van der Waals surface area contributed by atoms with Crippen LogP contribution in [0.4, 0.5) is 0 Å². The zero-order valence-corrected chi connectivity index (χ0v) is 26.5. The highest BCUT2D eigenvalue weighted by atomic mass is 15.1. The summed E-state index contributed by atoms with van der Waals surface area (Å²) >= 11 is 0. The van der Waals surface area contributed by atoms with Crippen LogP contribution in [0.15, 0.2) is 170 Å². The molecule has 0 aliphatic rings. The highest BCUT2D eigenvalue weighted by molar-refractivity contribution is 6.17. The number of pyridine rings is 1. The van der Waals surface area contributed by atoms with Crippen molar-refractivity contribution in [3.05, 3.63) is 170 Å². The molecule has 11 rings (SSSR count). The van der Waals surface area contributed by atoms with Crippen molar-refractivity contribution in [2.45, 2.75) is 0 Å². The Labute approximate surface area is 281 Å². The van der Waals surface area contributed by atoms with Gasteiger partial charge in [-0.25, -0.2) is 4.98 Å². The monoisotopic (exact) mass is 624 g/mol. The van der Waals surface area contributed by atoms with Crippen LogP contribution in [0.5, 0.6) is 0 Å². The first-order valence-corrected chi connectivity index (χ1v) is 16.7. The predicted octanol–water partition coefficient (Wildman–Crippen LogP) is 11.5. The van der Waals surface area contributed by atoms with Crippen molar-refractivity contribution < 1.29 is 0 Å². The summed E-state index contributed by atoms with van der Waals surface area (Å²) in [5.41, 5.74) is 12.4. The van der Waals surface area contributed by atoms with E-state index in [1.54, 1.807) is 0 Å². The van der Waals surface area contributed by atoms with Crippen LogP contribution in [-0.2, 0) is 0 Å². The second-order valence-corrected chi connectivity index (χ2v) is 12.8. The third-order valence-corrected chi connectivity index (χ3v) is 10.2. The minimum absolute atomic E-state index is 0.960. The van der Waals surface area contributed by atoms with Gasteiger partial charge in [-0.05, 0) is 71.1 Å². The van der Waals surface area contributed by atoms with E-state index in [0.29, 0.717) is 0 Å². The van der Waals surface area contributed by atoms with E-state index in [1.807, 2.05) is 0 Å². The van der Waals surface area contributed by atoms with Crippen LogP contribution in [0.25, 0.3) is 93.7 Å². The molecule has 49 heavy (non-hydrogen) atoms. The molecule has 0 saturated heterocycles. The highest BCUT2D eigenvalue weighted by Crippen LogP contribution is 2.40. The number of para-hydroxylation sites is 4. The van der Waals surface area contributed by atoms with Gasteiger partial charge in [-0.2, -0.15) is 0 Å². The number of aromatic nitrogens is 4. The van der Waals surface area contributed by atoms with E-state index < -0.39 is 0 Å². The van der Waals surface area contributed by atoms with E-state index in [9.17, 15) is 0 Å². The topological polar surface area (TPSA) is 27.2 Å². The summed E-state index contributed by atoms with van der Waals surface area (Å²) in [6.07, 6.45) is 0. The smallest absolute Gasteiger partial charge is 0.165 e. The van der Waals surface area contributed by atoms with Crippen molar-refractivity contribution in [1.29, 1.82) is 0 Å². The van der Waals surface area contributed by atoms with E-state index in [0.717, 1.165) is 44.6 Å². The molecule has 0 unspecified atom stereocenters. The van der Waals surface area contributed by atoms with Gasteiger partial charge < -0.3 is 4.57 Å². The van der Waals surface area contributed by atoms with Crippen molar-refractivity contribution in [2.75, 3.05) is 0 Å². The Balaban J connectivity index is 1.17. The second-order valence-electron chi connectivity index (χ2n) is 12.8. The molecule has 0 amide bonds. The summed E-state index contributed by atoms with van der Waals surface area (Å²) in [6.45, 7) is 0. The number of rotatable bonds is 3. The second kappa shape index (κ2) is 9.93. The van der Waals surface area contributed by atoms with Gasteiger partial charge in [0.15, 0.2) is 5.65 Å². The molecule has 7 aromatic carbocycles. The standard InChI is InChI=1S/C45H28N4/c1-2-12-31(13-3-1)48-42-27-24-30(29-22-25-32(26-23-29)47-39-19-9-7-16-35(39)36-17-8-10-20-40(36)47)28-38(42)43-45(48)46-44-37-18-5-4-14-33(37)34-15-6-11-21-41(34)49(43)44/h1-28H. The summed E-state index contributed by atoms with van der Waals surface area (Å²) in [5, 5.41) is 7.32. The third-order valence-electron chi connectivity index (χ3n) is 10.2. The van der Waals surface area contributed by atoms with Crippen LogP contribution in [0.2, 0.25) is 0 Å². The SMILES string of the molecule is c1ccc(-n2c3ccc(-c4ccc(-n5c6ccccc6c6ccccc65)cc4)cc3c3c2nc2c4ccccc4c4ccccc4n23)cc1. The molecule has 4 heterocycles. The lowest BCUT2D eigenvalue weighted by Crippen LogP contribution is -1.95. The predicted molar refractivity (Wildman–Crippen MR) is 204 cm³/mol. The molecule has 0 N–H and O–H groups in total. The van der Waals surface area contributed by atoms with Crippen molar-refractivity contribution in [2.24, 2.45) is 0 Å². The fourth-order valence-electron chi connectivity index (χ4n) is 8.09. The Morgan fingerprint density at radius 3 is 1.53 bits per heavy atom. The number of nitrogens with zero attached hydrogens (tertiary/aromatic N) is 4. The molecular weight excluding hydrogens is 597 g/mol. The summed E-state index contributed by atoms with van der Waals surface area (Å²) < 4.78 is 7.06. The Hall–Kier alpha value is -6.65. The number of imidazole rings is 1. The lowest BCUT2D eigenvalue weighted by molar-refractivity contribution is 1.15. The van der Waals surface area contributed by atoms with Crippen LogP contribution in [0, 0.1) is 0 Å². The summed E-state index contributed by atoms with van der Waals surface area (Å²) in [6, 6.07) is 61.1. The highest BCUT2D eigenvalue weighted by Gasteiger charge is 2.22. The Morgan fingerprint density at radius 2 is 0.837 bits per heavy atom. The number of hydrogen-bond donors (Lipinski definition) is 0. The fraction of sp³-hybridized carbons (Fsp3) is 0. The Morgan fingerprint density at radius 1 is 0.327 bits per heavy atom. The first kappa shape index (κ1) is 26.4. The maximum absolute atomic E-state index is 5.42. The van der Waals surface area contributed by atoms with Gasteiger partial charge in [-0.1, -0.05) is 115 Å². The van der Waals surface area contributed by atoms with E-state index in [1.165, 1.54) is 49.1 Å². The zero-order valence-electron chi connectivity index (χ0n) is 26.5. The normalized spacial score (nSPS) is 12.1. The van der Waals surface area contributed by atoms with Gasteiger partial charge in [-0.3, -0.25) is 8.97 Å². The van der Waals surface area contributed by atoms with Crippen LogP contribution in [0.3, 0.4) is 0 Å². The third kappa shape index (κ3) is 3.66. The number of hydrogen-bond acceptors (Lipinski definition) is 1. The van der Waals surface area contributed by atoms with Crippen molar-refractivity contribution in [1.82, 2.24) is 18.5 Å². The van der Waals surface area contributed by atoms with Crippen LogP contribution < -0.4 is 0 Å². The molecule has 228 valence electrons. The van der Waals surface area contributed by atoms with Gasteiger partial charge in [0.25, 0.3) is 0 Å². The molecule has 0 radical (unpaired) electrons. The molecule has 4 nitrogen and oxygen atoms in total. The van der Waals surface area contributed by atoms with Crippen molar-refractivity contribution in [3.63, 3.8) is 0 Å². The van der Waals surface area contributed by atoms with E-state index in [4.69, 9.17) is 4.98 Å². The molecule has 4 aromatic heterocycles. The molecule has 0 atom stereocenters.